The van der Waals surface area contributed by atoms with Crippen LogP contribution >= 0.6 is 23.2 Å². The summed E-state index contributed by atoms with van der Waals surface area (Å²) in [6.07, 6.45) is 2.08. The highest BCUT2D eigenvalue weighted by Gasteiger charge is 2.11. The topological polar surface area (TPSA) is 29.9 Å². The summed E-state index contributed by atoms with van der Waals surface area (Å²) in [6.45, 7) is 10.0. The molecule has 1 aromatic carbocycles. The van der Waals surface area contributed by atoms with Crippen LogP contribution in [0.2, 0.25) is 10.0 Å². The van der Waals surface area contributed by atoms with Gasteiger partial charge >= 0.3 is 0 Å². The van der Waals surface area contributed by atoms with E-state index in [9.17, 15) is 0 Å². The highest BCUT2D eigenvalue weighted by molar-refractivity contribution is 6.42. The van der Waals surface area contributed by atoms with E-state index in [4.69, 9.17) is 23.2 Å². The predicted molar refractivity (Wildman–Crippen MR) is 89.1 cm³/mol. The molecule has 1 aromatic heterocycles. The summed E-state index contributed by atoms with van der Waals surface area (Å²) in [5, 5.41) is 9.19. The molecule has 2 rings (SSSR count). The molecule has 0 aliphatic heterocycles. The van der Waals surface area contributed by atoms with Crippen molar-refractivity contribution in [2.75, 3.05) is 0 Å². The number of nitrogens with zero attached hydrogens (tertiary/aromatic N) is 2. The Morgan fingerprint density at radius 1 is 1.19 bits per heavy atom. The standard InChI is InChI=1S/C16H21Cl2N3/c1-11-13(8-19-16(2,3)4)10-21(20-11)9-12-5-6-14(17)15(18)7-12/h5-7,10,19H,8-9H2,1-4H3. The largest absolute Gasteiger partial charge is 0.308 e. The molecule has 0 saturated heterocycles. The molecule has 0 bridgehead atoms. The Labute approximate surface area is 136 Å². The van der Waals surface area contributed by atoms with Gasteiger partial charge in [0.1, 0.15) is 0 Å². The Morgan fingerprint density at radius 3 is 2.52 bits per heavy atom. The minimum Gasteiger partial charge on any atom is -0.308 e. The molecule has 0 saturated carbocycles. The average Bonchev–Trinajstić information content (AvgIpc) is 2.71. The third-order valence-electron chi connectivity index (χ3n) is 3.19. The van der Waals surface area contributed by atoms with E-state index in [0.29, 0.717) is 16.6 Å². The quantitative estimate of drug-likeness (QED) is 0.900. The highest BCUT2D eigenvalue weighted by Crippen LogP contribution is 2.23. The molecular formula is C16H21Cl2N3. The molecule has 0 radical (unpaired) electrons. The van der Waals surface area contributed by atoms with Gasteiger partial charge in [-0.1, -0.05) is 29.3 Å². The van der Waals surface area contributed by atoms with Crippen LogP contribution in [-0.4, -0.2) is 15.3 Å². The first kappa shape index (κ1) is 16.3. The molecule has 5 heteroatoms. The van der Waals surface area contributed by atoms with Gasteiger partial charge in [-0.05, 0) is 45.4 Å². The summed E-state index contributed by atoms with van der Waals surface area (Å²) in [5.74, 6) is 0. The van der Waals surface area contributed by atoms with Gasteiger partial charge in [-0.2, -0.15) is 5.10 Å². The summed E-state index contributed by atoms with van der Waals surface area (Å²) in [5.41, 5.74) is 3.44. The van der Waals surface area contributed by atoms with Crippen molar-refractivity contribution in [1.82, 2.24) is 15.1 Å². The van der Waals surface area contributed by atoms with Crippen LogP contribution in [0.3, 0.4) is 0 Å². The molecule has 0 aliphatic rings. The number of benzene rings is 1. The second kappa shape index (κ2) is 6.39. The lowest BCUT2D eigenvalue weighted by Gasteiger charge is -2.20. The van der Waals surface area contributed by atoms with Gasteiger partial charge in [-0.25, -0.2) is 0 Å². The number of hydrogen-bond donors (Lipinski definition) is 1. The lowest BCUT2D eigenvalue weighted by atomic mass is 10.1. The molecule has 0 spiro atoms. The maximum atomic E-state index is 6.04. The van der Waals surface area contributed by atoms with E-state index in [2.05, 4.69) is 37.4 Å². The summed E-state index contributed by atoms with van der Waals surface area (Å²) in [6, 6.07) is 5.67. The van der Waals surface area contributed by atoms with Crippen molar-refractivity contribution in [3.05, 3.63) is 51.3 Å². The van der Waals surface area contributed by atoms with Gasteiger partial charge in [0.15, 0.2) is 0 Å². The molecule has 0 amide bonds. The Morgan fingerprint density at radius 2 is 1.90 bits per heavy atom. The first-order valence-electron chi connectivity index (χ1n) is 6.96. The van der Waals surface area contributed by atoms with Gasteiger partial charge < -0.3 is 5.32 Å². The van der Waals surface area contributed by atoms with Gasteiger partial charge in [0.05, 0.1) is 22.3 Å². The Hall–Kier alpha value is -1.03. The van der Waals surface area contributed by atoms with E-state index in [1.165, 1.54) is 5.56 Å². The molecule has 114 valence electrons. The van der Waals surface area contributed by atoms with E-state index in [-0.39, 0.29) is 5.54 Å². The zero-order valence-electron chi connectivity index (χ0n) is 12.9. The second-order valence-corrected chi connectivity index (χ2v) is 7.10. The van der Waals surface area contributed by atoms with Crippen LogP contribution in [0.4, 0.5) is 0 Å². The number of halogens is 2. The van der Waals surface area contributed by atoms with Gasteiger partial charge in [-0.15, -0.1) is 0 Å². The summed E-state index contributed by atoms with van der Waals surface area (Å²) in [7, 11) is 0. The van der Waals surface area contributed by atoms with Crippen LogP contribution in [0.25, 0.3) is 0 Å². The van der Waals surface area contributed by atoms with Crippen molar-refractivity contribution in [1.29, 1.82) is 0 Å². The van der Waals surface area contributed by atoms with Crippen LogP contribution in [0.5, 0.6) is 0 Å². The van der Waals surface area contributed by atoms with Crippen molar-refractivity contribution in [3.63, 3.8) is 0 Å². The van der Waals surface area contributed by atoms with E-state index in [1.807, 2.05) is 29.8 Å². The van der Waals surface area contributed by atoms with E-state index in [0.717, 1.165) is 17.8 Å². The van der Waals surface area contributed by atoms with Gasteiger partial charge in [0.25, 0.3) is 0 Å². The minimum atomic E-state index is 0.0955. The van der Waals surface area contributed by atoms with Gasteiger partial charge in [0.2, 0.25) is 0 Å². The van der Waals surface area contributed by atoms with Crippen molar-refractivity contribution in [3.8, 4) is 0 Å². The SMILES string of the molecule is Cc1nn(Cc2ccc(Cl)c(Cl)c2)cc1CNC(C)(C)C. The molecule has 2 aromatic rings. The van der Waals surface area contributed by atoms with Crippen LogP contribution in [0, 0.1) is 6.92 Å². The Bertz CT molecular complexity index is 627. The maximum Gasteiger partial charge on any atom is 0.0660 e. The monoisotopic (exact) mass is 325 g/mol. The number of hydrogen-bond acceptors (Lipinski definition) is 2. The molecular weight excluding hydrogens is 305 g/mol. The third-order valence-corrected chi connectivity index (χ3v) is 3.92. The Balaban J connectivity index is 2.09. The van der Waals surface area contributed by atoms with E-state index >= 15 is 0 Å². The average molecular weight is 326 g/mol. The van der Waals surface area contributed by atoms with E-state index in [1.54, 1.807) is 0 Å². The Kier molecular flexibility index (Phi) is 4.97. The number of aryl methyl sites for hydroxylation is 1. The van der Waals surface area contributed by atoms with Crippen LogP contribution in [0.15, 0.2) is 24.4 Å². The number of nitrogens with one attached hydrogen (secondary N) is 1. The molecule has 0 aliphatic carbocycles. The molecule has 1 heterocycles. The number of aromatic nitrogens is 2. The van der Waals surface area contributed by atoms with Gasteiger partial charge in [-0.3, -0.25) is 4.68 Å². The van der Waals surface area contributed by atoms with Crippen molar-refractivity contribution in [2.24, 2.45) is 0 Å². The first-order valence-corrected chi connectivity index (χ1v) is 7.72. The van der Waals surface area contributed by atoms with Crippen molar-refractivity contribution in [2.45, 2.75) is 46.3 Å². The summed E-state index contributed by atoms with van der Waals surface area (Å²) in [4.78, 5) is 0. The first-order chi connectivity index (χ1) is 9.74. The van der Waals surface area contributed by atoms with Crippen LogP contribution in [0.1, 0.15) is 37.6 Å². The molecule has 1 N–H and O–H groups in total. The second-order valence-electron chi connectivity index (χ2n) is 6.29. The van der Waals surface area contributed by atoms with E-state index < -0.39 is 0 Å². The molecule has 0 atom stereocenters. The van der Waals surface area contributed by atoms with Crippen molar-refractivity contribution < 1.29 is 0 Å². The summed E-state index contributed by atoms with van der Waals surface area (Å²) >= 11 is 12.0. The van der Waals surface area contributed by atoms with Crippen molar-refractivity contribution >= 4 is 23.2 Å². The third kappa shape index (κ3) is 4.73. The van der Waals surface area contributed by atoms with Gasteiger partial charge in [0, 0.05) is 23.8 Å². The molecule has 0 fully saturated rings. The predicted octanol–water partition coefficient (Wildman–Crippen LogP) is 4.43. The normalized spacial score (nSPS) is 11.9. The lowest BCUT2D eigenvalue weighted by molar-refractivity contribution is 0.423. The lowest BCUT2D eigenvalue weighted by Crippen LogP contribution is -2.35. The highest BCUT2D eigenvalue weighted by atomic mass is 35.5. The molecule has 3 nitrogen and oxygen atoms in total. The smallest absolute Gasteiger partial charge is 0.0660 e. The zero-order chi connectivity index (χ0) is 15.6. The molecule has 21 heavy (non-hydrogen) atoms. The fourth-order valence-electron chi connectivity index (χ4n) is 2.00. The minimum absolute atomic E-state index is 0.0955. The number of rotatable bonds is 4. The fourth-order valence-corrected chi connectivity index (χ4v) is 2.32. The zero-order valence-corrected chi connectivity index (χ0v) is 14.4. The fraction of sp³-hybridized carbons (Fsp3) is 0.438. The van der Waals surface area contributed by atoms with Crippen LogP contribution in [-0.2, 0) is 13.1 Å². The maximum absolute atomic E-state index is 6.04. The van der Waals surface area contributed by atoms with Crippen LogP contribution < -0.4 is 5.32 Å². The molecule has 0 unspecified atom stereocenters. The summed E-state index contributed by atoms with van der Waals surface area (Å²) < 4.78 is 1.94.